The second-order valence-electron chi connectivity index (χ2n) is 4.58. The Morgan fingerprint density at radius 1 is 1.27 bits per heavy atom. The molecule has 82 valence electrons. The summed E-state index contributed by atoms with van der Waals surface area (Å²) in [6.07, 6.45) is 4.06. The molecule has 0 amide bonds. The van der Waals surface area contributed by atoms with Crippen molar-refractivity contribution in [2.45, 2.75) is 38.3 Å². The minimum Gasteiger partial charge on any atom is -0.372 e. The minimum atomic E-state index is 0.132. The third kappa shape index (κ3) is 2.15. The van der Waals surface area contributed by atoms with Gasteiger partial charge in [-0.2, -0.15) is 0 Å². The van der Waals surface area contributed by atoms with Gasteiger partial charge in [0.1, 0.15) is 0 Å². The van der Waals surface area contributed by atoms with Gasteiger partial charge in [0, 0.05) is 24.8 Å². The highest BCUT2D eigenvalue weighted by atomic mass is 15.1. The average molecular weight is 204 g/mol. The van der Waals surface area contributed by atoms with Gasteiger partial charge in [0.25, 0.3) is 0 Å². The van der Waals surface area contributed by atoms with E-state index in [0.29, 0.717) is 0 Å². The maximum absolute atomic E-state index is 5.82. The normalized spacial score (nSPS) is 18.3. The van der Waals surface area contributed by atoms with Crippen LogP contribution in [-0.2, 0) is 0 Å². The van der Waals surface area contributed by atoms with Crippen LogP contribution < -0.4 is 10.6 Å². The molecule has 0 aromatic heterocycles. The van der Waals surface area contributed by atoms with Crippen LogP contribution in [0.2, 0.25) is 0 Å². The summed E-state index contributed by atoms with van der Waals surface area (Å²) < 4.78 is 0. The standard InChI is InChI=1S/C13H20N2/c1-10(14)11-6-8-13(9-7-11)15(2)12-4-3-5-12/h6-10,12H,3-5,14H2,1-2H3/t10-/m1/s1. The van der Waals surface area contributed by atoms with E-state index in [0.717, 1.165) is 6.04 Å². The highest BCUT2D eigenvalue weighted by Crippen LogP contribution is 2.28. The lowest BCUT2D eigenvalue weighted by molar-refractivity contribution is 0.401. The molecule has 1 aliphatic rings. The highest BCUT2D eigenvalue weighted by Gasteiger charge is 2.21. The van der Waals surface area contributed by atoms with Crippen molar-refractivity contribution in [1.82, 2.24) is 0 Å². The number of nitrogens with zero attached hydrogens (tertiary/aromatic N) is 1. The molecule has 1 fully saturated rings. The SMILES string of the molecule is C[C@@H](N)c1ccc(N(C)C2CCC2)cc1. The van der Waals surface area contributed by atoms with Gasteiger partial charge < -0.3 is 10.6 Å². The quantitative estimate of drug-likeness (QED) is 0.820. The summed E-state index contributed by atoms with van der Waals surface area (Å²) in [5.41, 5.74) is 8.34. The summed E-state index contributed by atoms with van der Waals surface area (Å²) in [6, 6.07) is 9.51. The molecule has 0 spiro atoms. The third-order valence-corrected chi connectivity index (χ3v) is 3.45. The molecule has 2 rings (SSSR count). The highest BCUT2D eigenvalue weighted by molar-refractivity contribution is 5.48. The maximum Gasteiger partial charge on any atom is 0.0366 e. The van der Waals surface area contributed by atoms with Crippen LogP contribution in [0.15, 0.2) is 24.3 Å². The minimum absolute atomic E-state index is 0.132. The second-order valence-corrected chi connectivity index (χ2v) is 4.58. The summed E-state index contributed by atoms with van der Waals surface area (Å²) in [4.78, 5) is 2.38. The van der Waals surface area contributed by atoms with E-state index < -0.39 is 0 Å². The van der Waals surface area contributed by atoms with Crippen LogP contribution in [0.4, 0.5) is 5.69 Å². The molecule has 1 aliphatic carbocycles. The lowest BCUT2D eigenvalue weighted by atomic mass is 9.91. The van der Waals surface area contributed by atoms with Crippen molar-refractivity contribution in [2.75, 3.05) is 11.9 Å². The summed E-state index contributed by atoms with van der Waals surface area (Å²) in [5.74, 6) is 0. The lowest BCUT2D eigenvalue weighted by Crippen LogP contribution is -2.37. The molecular formula is C13H20N2. The fourth-order valence-corrected chi connectivity index (χ4v) is 2.00. The van der Waals surface area contributed by atoms with E-state index in [1.165, 1.54) is 30.5 Å². The first kappa shape index (κ1) is 10.5. The van der Waals surface area contributed by atoms with Crippen LogP contribution in [0.1, 0.15) is 37.8 Å². The number of rotatable bonds is 3. The number of nitrogens with two attached hydrogens (primary N) is 1. The average Bonchev–Trinajstić information content (AvgIpc) is 2.15. The summed E-state index contributed by atoms with van der Waals surface area (Å²) in [6.45, 7) is 2.02. The van der Waals surface area contributed by atoms with Crippen molar-refractivity contribution in [3.63, 3.8) is 0 Å². The maximum atomic E-state index is 5.82. The van der Waals surface area contributed by atoms with Crippen LogP contribution in [-0.4, -0.2) is 13.1 Å². The Balaban J connectivity index is 2.08. The molecule has 2 heteroatoms. The zero-order valence-electron chi connectivity index (χ0n) is 9.61. The van der Waals surface area contributed by atoms with Crippen LogP contribution in [0.5, 0.6) is 0 Å². The first-order valence-electron chi connectivity index (χ1n) is 5.77. The van der Waals surface area contributed by atoms with Crippen molar-refractivity contribution in [2.24, 2.45) is 5.73 Å². The Kier molecular flexibility index (Phi) is 2.96. The third-order valence-electron chi connectivity index (χ3n) is 3.45. The fourth-order valence-electron chi connectivity index (χ4n) is 2.00. The van der Waals surface area contributed by atoms with Gasteiger partial charge in [0.2, 0.25) is 0 Å². The molecule has 1 atom stereocenters. The molecule has 0 saturated heterocycles. The van der Waals surface area contributed by atoms with Gasteiger partial charge in [0.15, 0.2) is 0 Å². The van der Waals surface area contributed by atoms with E-state index in [1.807, 2.05) is 6.92 Å². The molecule has 0 heterocycles. The Hall–Kier alpha value is -1.02. The number of benzene rings is 1. The molecule has 15 heavy (non-hydrogen) atoms. The van der Waals surface area contributed by atoms with Crippen LogP contribution in [0.25, 0.3) is 0 Å². The van der Waals surface area contributed by atoms with Crippen molar-refractivity contribution >= 4 is 5.69 Å². The largest absolute Gasteiger partial charge is 0.372 e. The van der Waals surface area contributed by atoms with Gasteiger partial charge >= 0.3 is 0 Å². The smallest absolute Gasteiger partial charge is 0.0366 e. The Labute approximate surface area is 92.1 Å². The molecule has 0 unspecified atom stereocenters. The molecule has 0 aliphatic heterocycles. The zero-order chi connectivity index (χ0) is 10.8. The van der Waals surface area contributed by atoms with Crippen molar-refractivity contribution in [3.05, 3.63) is 29.8 Å². The van der Waals surface area contributed by atoms with E-state index in [1.54, 1.807) is 0 Å². The Morgan fingerprint density at radius 3 is 2.27 bits per heavy atom. The van der Waals surface area contributed by atoms with E-state index in [4.69, 9.17) is 5.73 Å². The molecule has 1 aromatic rings. The van der Waals surface area contributed by atoms with Crippen LogP contribution in [0, 0.1) is 0 Å². The molecule has 0 bridgehead atoms. The summed E-state index contributed by atoms with van der Waals surface area (Å²) in [5, 5.41) is 0. The predicted molar refractivity (Wildman–Crippen MR) is 65.1 cm³/mol. The van der Waals surface area contributed by atoms with Gasteiger partial charge in [-0.1, -0.05) is 12.1 Å². The van der Waals surface area contributed by atoms with Crippen molar-refractivity contribution < 1.29 is 0 Å². The number of hydrogen-bond acceptors (Lipinski definition) is 2. The summed E-state index contributed by atoms with van der Waals surface area (Å²) >= 11 is 0. The van der Waals surface area contributed by atoms with Crippen LogP contribution in [0.3, 0.4) is 0 Å². The van der Waals surface area contributed by atoms with Crippen molar-refractivity contribution in [1.29, 1.82) is 0 Å². The Bertz CT molecular complexity index is 312. The van der Waals surface area contributed by atoms with E-state index in [2.05, 4.69) is 36.2 Å². The van der Waals surface area contributed by atoms with Gasteiger partial charge in [0.05, 0.1) is 0 Å². The second kappa shape index (κ2) is 4.23. The molecular weight excluding hydrogens is 184 g/mol. The van der Waals surface area contributed by atoms with E-state index in [-0.39, 0.29) is 6.04 Å². The Morgan fingerprint density at radius 2 is 1.87 bits per heavy atom. The predicted octanol–water partition coefficient (Wildman–Crippen LogP) is 2.70. The zero-order valence-corrected chi connectivity index (χ0v) is 9.61. The number of anilines is 1. The molecule has 0 radical (unpaired) electrons. The summed E-state index contributed by atoms with van der Waals surface area (Å²) in [7, 11) is 2.19. The van der Waals surface area contributed by atoms with E-state index in [9.17, 15) is 0 Å². The van der Waals surface area contributed by atoms with Gasteiger partial charge in [-0.15, -0.1) is 0 Å². The van der Waals surface area contributed by atoms with Gasteiger partial charge in [-0.05, 0) is 43.9 Å². The van der Waals surface area contributed by atoms with E-state index >= 15 is 0 Å². The topological polar surface area (TPSA) is 29.3 Å². The van der Waals surface area contributed by atoms with Gasteiger partial charge in [-0.25, -0.2) is 0 Å². The van der Waals surface area contributed by atoms with Gasteiger partial charge in [-0.3, -0.25) is 0 Å². The van der Waals surface area contributed by atoms with Crippen LogP contribution >= 0.6 is 0 Å². The van der Waals surface area contributed by atoms with Crippen molar-refractivity contribution in [3.8, 4) is 0 Å². The lowest BCUT2D eigenvalue weighted by Gasteiger charge is -2.36. The number of hydrogen-bond donors (Lipinski definition) is 1. The fraction of sp³-hybridized carbons (Fsp3) is 0.538. The monoisotopic (exact) mass is 204 g/mol. The first-order valence-corrected chi connectivity index (χ1v) is 5.77. The first-order chi connectivity index (χ1) is 7.18. The molecule has 2 N–H and O–H groups in total. The molecule has 1 saturated carbocycles. The molecule has 2 nitrogen and oxygen atoms in total. The molecule has 1 aromatic carbocycles.